The quantitative estimate of drug-likeness (QED) is 0.499. The number of benzene rings is 1. The first-order valence-corrected chi connectivity index (χ1v) is 7.92. The normalized spacial score (nSPS) is 11.6. The molecule has 0 amide bonds. The summed E-state index contributed by atoms with van der Waals surface area (Å²) >= 11 is 0. The predicted molar refractivity (Wildman–Crippen MR) is 93.3 cm³/mol. The van der Waals surface area contributed by atoms with Crippen molar-refractivity contribution in [1.82, 2.24) is 4.57 Å². The first-order valence-electron chi connectivity index (χ1n) is 7.92. The number of hydrogen-bond acceptors (Lipinski definition) is 6. The zero-order valence-electron chi connectivity index (χ0n) is 14.5. The van der Waals surface area contributed by atoms with Gasteiger partial charge in [-0.3, -0.25) is 24.3 Å². The minimum absolute atomic E-state index is 0.00213. The van der Waals surface area contributed by atoms with Gasteiger partial charge in [-0.2, -0.15) is 5.26 Å². The third kappa shape index (κ3) is 2.95. The molecule has 2 rings (SSSR count). The molecule has 1 atom stereocenters. The van der Waals surface area contributed by atoms with E-state index in [1.54, 1.807) is 19.9 Å². The van der Waals surface area contributed by atoms with Crippen LogP contribution in [0.2, 0.25) is 0 Å². The van der Waals surface area contributed by atoms with Crippen LogP contribution in [0.15, 0.2) is 29.1 Å². The van der Waals surface area contributed by atoms with Gasteiger partial charge < -0.3 is 5.11 Å². The van der Waals surface area contributed by atoms with Crippen LogP contribution in [0.3, 0.4) is 0 Å². The van der Waals surface area contributed by atoms with Gasteiger partial charge in [-0.1, -0.05) is 19.1 Å². The lowest BCUT2D eigenvalue weighted by Crippen LogP contribution is -2.28. The van der Waals surface area contributed by atoms with Crippen LogP contribution in [0, 0.1) is 28.4 Å². The monoisotopic (exact) mass is 355 g/mol. The number of hydrogen-bond donors (Lipinski definition) is 1. The topological polar surface area (TPSA) is 126 Å². The van der Waals surface area contributed by atoms with Gasteiger partial charge in [-0.15, -0.1) is 0 Å². The van der Waals surface area contributed by atoms with Gasteiger partial charge in [0.1, 0.15) is 17.2 Å². The summed E-state index contributed by atoms with van der Waals surface area (Å²) in [4.78, 5) is 36.0. The smallest absolute Gasteiger partial charge is 0.280 e. The number of pyridine rings is 1. The molecule has 8 nitrogen and oxygen atoms in total. The van der Waals surface area contributed by atoms with Crippen LogP contribution in [0.5, 0.6) is 5.88 Å². The molecule has 26 heavy (non-hydrogen) atoms. The second-order valence-electron chi connectivity index (χ2n) is 5.85. The number of rotatable bonds is 5. The van der Waals surface area contributed by atoms with Crippen LogP contribution in [0.1, 0.15) is 53.4 Å². The van der Waals surface area contributed by atoms with Gasteiger partial charge in [-0.05, 0) is 31.9 Å². The average Bonchev–Trinajstić information content (AvgIpc) is 2.61. The average molecular weight is 355 g/mol. The minimum Gasteiger partial charge on any atom is -0.494 e. The lowest BCUT2D eigenvalue weighted by Gasteiger charge is -2.19. The molecule has 1 unspecified atom stereocenters. The van der Waals surface area contributed by atoms with Crippen molar-refractivity contribution in [1.29, 1.82) is 5.26 Å². The molecular weight excluding hydrogens is 338 g/mol. The molecule has 0 saturated carbocycles. The van der Waals surface area contributed by atoms with Gasteiger partial charge >= 0.3 is 0 Å². The standard InChI is InChI=1S/C18H17N3O5/c1-4-10(2)20-17(23)13(9-19)11(3)15(18(20)24)16(22)12-7-5-6-8-14(12)21(25)26/h5-8,10,24H,4H2,1-3H3. The minimum atomic E-state index is -0.819. The lowest BCUT2D eigenvalue weighted by molar-refractivity contribution is -0.385. The molecule has 0 saturated heterocycles. The predicted octanol–water partition coefficient (Wildman–Crippen LogP) is 2.84. The summed E-state index contributed by atoms with van der Waals surface area (Å²) in [6, 6.07) is 6.62. The number of aromatic hydroxyl groups is 1. The van der Waals surface area contributed by atoms with E-state index in [0.29, 0.717) is 6.42 Å². The van der Waals surface area contributed by atoms with Crippen LogP contribution in [0.4, 0.5) is 5.69 Å². The van der Waals surface area contributed by atoms with E-state index in [4.69, 9.17) is 0 Å². The van der Waals surface area contributed by atoms with E-state index in [0.717, 1.165) is 4.57 Å². The summed E-state index contributed by atoms with van der Waals surface area (Å²) in [6.45, 7) is 4.81. The molecule has 0 bridgehead atoms. The highest BCUT2D eigenvalue weighted by atomic mass is 16.6. The molecule has 8 heteroatoms. The van der Waals surface area contributed by atoms with Crippen molar-refractivity contribution < 1.29 is 14.8 Å². The fourth-order valence-corrected chi connectivity index (χ4v) is 2.74. The van der Waals surface area contributed by atoms with Crippen molar-refractivity contribution >= 4 is 11.5 Å². The Balaban J connectivity index is 2.87. The summed E-state index contributed by atoms with van der Waals surface area (Å²) in [6.07, 6.45) is 0.473. The molecule has 1 N–H and O–H groups in total. The number of carbonyl (C=O) groups is 1. The number of nitriles is 1. The molecule has 0 aliphatic carbocycles. The number of nitro groups is 1. The van der Waals surface area contributed by atoms with E-state index >= 15 is 0 Å². The largest absolute Gasteiger partial charge is 0.494 e. The van der Waals surface area contributed by atoms with Crippen LogP contribution in [-0.4, -0.2) is 20.4 Å². The van der Waals surface area contributed by atoms with Gasteiger partial charge in [0.05, 0.1) is 10.5 Å². The number of para-hydroxylation sites is 1. The van der Waals surface area contributed by atoms with Crippen LogP contribution >= 0.6 is 0 Å². The van der Waals surface area contributed by atoms with Crippen molar-refractivity contribution in [3.8, 4) is 11.9 Å². The highest BCUT2D eigenvalue weighted by molar-refractivity contribution is 6.13. The Morgan fingerprint density at radius 2 is 2.04 bits per heavy atom. The van der Waals surface area contributed by atoms with E-state index < -0.39 is 33.9 Å². The molecule has 1 heterocycles. The Kier molecular flexibility index (Phi) is 5.22. The van der Waals surface area contributed by atoms with Crippen molar-refractivity contribution in [2.45, 2.75) is 33.2 Å². The van der Waals surface area contributed by atoms with Gasteiger partial charge in [0.15, 0.2) is 0 Å². The highest BCUT2D eigenvalue weighted by Crippen LogP contribution is 2.30. The molecule has 134 valence electrons. The second kappa shape index (κ2) is 7.19. The molecule has 0 aliphatic heterocycles. The fraction of sp³-hybridized carbons (Fsp3) is 0.278. The summed E-state index contributed by atoms with van der Waals surface area (Å²) in [5, 5.41) is 31.1. The number of nitro benzene ring substituents is 1. The van der Waals surface area contributed by atoms with Crippen molar-refractivity contribution in [2.75, 3.05) is 0 Å². The maximum atomic E-state index is 13.0. The van der Waals surface area contributed by atoms with Crippen LogP contribution in [0.25, 0.3) is 0 Å². The SMILES string of the molecule is CCC(C)n1c(O)c(C(=O)c2ccccc2[N+](=O)[O-])c(C)c(C#N)c1=O. The summed E-state index contributed by atoms with van der Waals surface area (Å²) in [5.41, 5.74) is -1.90. The maximum absolute atomic E-state index is 13.0. The molecule has 0 spiro atoms. The van der Waals surface area contributed by atoms with E-state index in [2.05, 4.69) is 0 Å². The maximum Gasteiger partial charge on any atom is 0.280 e. The van der Waals surface area contributed by atoms with Crippen LogP contribution < -0.4 is 5.56 Å². The Morgan fingerprint density at radius 1 is 1.42 bits per heavy atom. The highest BCUT2D eigenvalue weighted by Gasteiger charge is 2.29. The van der Waals surface area contributed by atoms with Crippen LogP contribution in [-0.2, 0) is 0 Å². The lowest BCUT2D eigenvalue weighted by atomic mass is 9.96. The summed E-state index contributed by atoms with van der Waals surface area (Å²) < 4.78 is 0.980. The molecule has 0 radical (unpaired) electrons. The molecule has 2 aromatic rings. The number of nitrogens with zero attached hydrogens (tertiary/aromatic N) is 3. The first-order chi connectivity index (χ1) is 12.3. The number of carbonyl (C=O) groups excluding carboxylic acids is 1. The molecule has 1 aromatic carbocycles. The van der Waals surface area contributed by atoms with E-state index in [9.17, 15) is 30.1 Å². The van der Waals surface area contributed by atoms with Crippen molar-refractivity contribution in [3.63, 3.8) is 0 Å². The molecule has 0 fully saturated rings. The summed E-state index contributed by atoms with van der Waals surface area (Å²) in [5.74, 6) is -1.41. The molecule has 0 aliphatic rings. The van der Waals surface area contributed by atoms with Gasteiger partial charge in [0, 0.05) is 12.1 Å². The molecular formula is C18H17N3O5. The fourth-order valence-electron chi connectivity index (χ4n) is 2.74. The number of ketones is 1. The van der Waals surface area contributed by atoms with E-state index in [1.807, 2.05) is 0 Å². The van der Waals surface area contributed by atoms with Gasteiger partial charge in [0.2, 0.25) is 11.7 Å². The van der Waals surface area contributed by atoms with Gasteiger partial charge in [-0.25, -0.2) is 0 Å². The van der Waals surface area contributed by atoms with Crippen molar-refractivity contribution in [3.05, 3.63) is 67.0 Å². The third-order valence-electron chi connectivity index (χ3n) is 4.35. The Labute approximate surface area is 149 Å². The van der Waals surface area contributed by atoms with E-state index in [1.165, 1.54) is 31.2 Å². The zero-order valence-corrected chi connectivity index (χ0v) is 14.5. The first kappa shape index (κ1) is 18.9. The Bertz CT molecular complexity index is 1000. The zero-order chi connectivity index (χ0) is 19.6. The Hall–Kier alpha value is -3.47. The second-order valence-corrected chi connectivity index (χ2v) is 5.85. The third-order valence-corrected chi connectivity index (χ3v) is 4.35. The number of aromatic nitrogens is 1. The van der Waals surface area contributed by atoms with Crippen molar-refractivity contribution in [2.24, 2.45) is 0 Å². The van der Waals surface area contributed by atoms with E-state index in [-0.39, 0.29) is 22.3 Å². The molecule has 1 aromatic heterocycles. The summed E-state index contributed by atoms with van der Waals surface area (Å²) in [7, 11) is 0. The van der Waals surface area contributed by atoms with Gasteiger partial charge in [0.25, 0.3) is 11.2 Å². The Morgan fingerprint density at radius 3 is 2.58 bits per heavy atom.